The van der Waals surface area contributed by atoms with Crippen LogP contribution in [0.1, 0.15) is 31.0 Å². The van der Waals surface area contributed by atoms with Crippen molar-refractivity contribution < 1.29 is 19.4 Å². The quantitative estimate of drug-likeness (QED) is 0.267. The van der Waals surface area contributed by atoms with Crippen molar-refractivity contribution in [2.75, 3.05) is 32.8 Å². The number of aliphatic hydroxyl groups excluding tert-OH is 1. The van der Waals surface area contributed by atoms with Gasteiger partial charge in [-0.25, -0.2) is 0 Å². The summed E-state index contributed by atoms with van der Waals surface area (Å²) in [5.41, 5.74) is 1.25. The zero-order chi connectivity index (χ0) is 23.1. The zero-order valence-electron chi connectivity index (χ0n) is 18.5. The molecule has 1 aliphatic heterocycles. The second-order valence-electron chi connectivity index (χ2n) is 7.42. The molecule has 0 saturated carbocycles. The van der Waals surface area contributed by atoms with Crippen LogP contribution < -0.4 is 4.74 Å². The summed E-state index contributed by atoms with van der Waals surface area (Å²) in [6.45, 7) is 10.8. The number of likely N-dealkylation sites (N-methyl/N-ethyl adjacent to an activating group) is 1. The van der Waals surface area contributed by atoms with E-state index in [0.29, 0.717) is 31.0 Å². The second kappa shape index (κ2) is 10.7. The minimum Gasteiger partial charge on any atom is -0.507 e. The maximum atomic E-state index is 13.0. The number of carbonyl (C=O) groups excluding carboxylic acids is 2. The molecule has 1 saturated heterocycles. The first-order valence-electron chi connectivity index (χ1n) is 10.8. The van der Waals surface area contributed by atoms with Gasteiger partial charge >= 0.3 is 0 Å². The van der Waals surface area contributed by atoms with E-state index in [1.807, 2.05) is 0 Å². The Morgan fingerprint density at radius 3 is 2.41 bits per heavy atom. The van der Waals surface area contributed by atoms with Crippen molar-refractivity contribution in [3.63, 3.8) is 0 Å². The topological polar surface area (TPSA) is 83.0 Å². The Kier molecular flexibility index (Phi) is 7.78. The van der Waals surface area contributed by atoms with E-state index in [0.717, 1.165) is 18.7 Å². The number of aliphatic hydroxyl groups is 1. The molecule has 0 spiro atoms. The molecule has 1 aromatic carbocycles. The number of rotatable bonds is 10. The molecule has 32 heavy (non-hydrogen) atoms. The maximum Gasteiger partial charge on any atom is 0.295 e. The summed E-state index contributed by atoms with van der Waals surface area (Å²) in [5, 5.41) is 11.1. The molecule has 7 heteroatoms. The van der Waals surface area contributed by atoms with Crippen molar-refractivity contribution in [1.82, 2.24) is 14.8 Å². The van der Waals surface area contributed by atoms with Gasteiger partial charge in [0.25, 0.3) is 11.7 Å². The molecular formula is C25H29N3O4. The van der Waals surface area contributed by atoms with Gasteiger partial charge in [0, 0.05) is 31.0 Å². The van der Waals surface area contributed by atoms with Crippen LogP contribution >= 0.6 is 0 Å². The maximum absolute atomic E-state index is 13.0. The third-order valence-corrected chi connectivity index (χ3v) is 5.61. The lowest BCUT2D eigenvalue weighted by molar-refractivity contribution is -0.140. The van der Waals surface area contributed by atoms with Crippen molar-refractivity contribution in [2.45, 2.75) is 19.9 Å². The van der Waals surface area contributed by atoms with Crippen LogP contribution in [0.15, 0.2) is 67.0 Å². The monoisotopic (exact) mass is 435 g/mol. The Morgan fingerprint density at radius 2 is 1.81 bits per heavy atom. The van der Waals surface area contributed by atoms with E-state index in [1.165, 1.54) is 0 Å². The Labute approximate surface area is 188 Å². The number of nitrogens with zero attached hydrogens (tertiary/aromatic N) is 3. The molecule has 1 atom stereocenters. The molecule has 1 unspecified atom stereocenters. The summed E-state index contributed by atoms with van der Waals surface area (Å²) in [4.78, 5) is 33.8. The Hall–Kier alpha value is -3.45. The van der Waals surface area contributed by atoms with E-state index in [4.69, 9.17) is 4.74 Å². The molecule has 0 radical (unpaired) electrons. The molecule has 2 aromatic rings. The first-order valence-corrected chi connectivity index (χ1v) is 10.8. The molecule has 1 N–H and O–H groups in total. The molecule has 0 bridgehead atoms. The highest BCUT2D eigenvalue weighted by molar-refractivity contribution is 6.46. The van der Waals surface area contributed by atoms with Crippen molar-refractivity contribution in [3.8, 4) is 5.75 Å². The van der Waals surface area contributed by atoms with E-state index in [1.54, 1.807) is 59.8 Å². The van der Waals surface area contributed by atoms with Gasteiger partial charge in [0.1, 0.15) is 18.1 Å². The molecule has 1 aromatic heterocycles. The fraction of sp³-hybridized carbons (Fsp3) is 0.320. The zero-order valence-corrected chi connectivity index (χ0v) is 18.5. The smallest absolute Gasteiger partial charge is 0.295 e. The minimum atomic E-state index is -0.684. The van der Waals surface area contributed by atoms with E-state index in [-0.39, 0.29) is 11.3 Å². The van der Waals surface area contributed by atoms with Crippen molar-refractivity contribution >= 4 is 17.4 Å². The van der Waals surface area contributed by atoms with Crippen LogP contribution in [0.2, 0.25) is 0 Å². The summed E-state index contributed by atoms with van der Waals surface area (Å²) in [6.07, 6.45) is 4.87. The number of likely N-dealkylation sites (tertiary alicyclic amines) is 1. The lowest BCUT2D eigenvalue weighted by atomic mass is 9.96. The van der Waals surface area contributed by atoms with Gasteiger partial charge in [-0.05, 0) is 55.1 Å². The first kappa shape index (κ1) is 23.2. The van der Waals surface area contributed by atoms with Crippen LogP contribution in [-0.2, 0) is 9.59 Å². The third-order valence-electron chi connectivity index (χ3n) is 5.61. The number of carbonyl (C=O) groups is 2. The largest absolute Gasteiger partial charge is 0.507 e. The van der Waals surface area contributed by atoms with Crippen molar-refractivity contribution in [2.24, 2.45) is 0 Å². The van der Waals surface area contributed by atoms with E-state index in [2.05, 4.69) is 30.3 Å². The normalized spacial score (nSPS) is 17.7. The number of amides is 1. The van der Waals surface area contributed by atoms with Crippen LogP contribution in [0, 0.1) is 0 Å². The predicted octanol–water partition coefficient (Wildman–Crippen LogP) is 3.41. The molecule has 7 nitrogen and oxygen atoms in total. The number of benzene rings is 1. The highest BCUT2D eigenvalue weighted by atomic mass is 16.5. The Balaban J connectivity index is 2.00. The number of ether oxygens (including phenoxy) is 1. The first-order chi connectivity index (χ1) is 15.5. The van der Waals surface area contributed by atoms with Crippen LogP contribution in [0.3, 0.4) is 0 Å². The summed E-state index contributed by atoms with van der Waals surface area (Å²) in [5.74, 6) is -0.875. The van der Waals surface area contributed by atoms with Crippen LogP contribution in [-0.4, -0.2) is 64.4 Å². The average Bonchev–Trinajstić information content (AvgIpc) is 3.08. The van der Waals surface area contributed by atoms with Gasteiger partial charge in [-0.1, -0.05) is 26.5 Å². The predicted molar refractivity (Wildman–Crippen MR) is 123 cm³/mol. The van der Waals surface area contributed by atoms with Crippen LogP contribution in [0.5, 0.6) is 5.75 Å². The van der Waals surface area contributed by atoms with E-state index < -0.39 is 17.7 Å². The number of hydrogen-bond donors (Lipinski definition) is 1. The van der Waals surface area contributed by atoms with Gasteiger partial charge in [0.2, 0.25) is 0 Å². The number of ketones is 1. The molecule has 3 rings (SSSR count). The van der Waals surface area contributed by atoms with Gasteiger partial charge in [0.15, 0.2) is 0 Å². The summed E-state index contributed by atoms with van der Waals surface area (Å²) in [6, 6.07) is 9.60. The summed E-state index contributed by atoms with van der Waals surface area (Å²) in [7, 11) is 0. The Morgan fingerprint density at radius 1 is 1.16 bits per heavy atom. The van der Waals surface area contributed by atoms with Crippen molar-refractivity contribution in [1.29, 1.82) is 0 Å². The summed E-state index contributed by atoms with van der Waals surface area (Å²) < 4.78 is 5.48. The highest BCUT2D eigenvalue weighted by Gasteiger charge is 2.45. The number of aromatic nitrogens is 1. The average molecular weight is 436 g/mol. The lowest BCUT2D eigenvalue weighted by Gasteiger charge is -2.28. The molecule has 1 amide bonds. The fourth-order valence-electron chi connectivity index (χ4n) is 3.81. The number of Topliss-reactive ketones (excluding diaryl/α,β-unsaturated/α-hetero) is 1. The molecule has 168 valence electrons. The SMILES string of the molecule is C=CCOc1ccc(C(O)=C2C(=O)C(=O)N(CCN(CC)CC)C2c2ccncc2)cc1. The molecular weight excluding hydrogens is 406 g/mol. The number of hydrogen-bond acceptors (Lipinski definition) is 6. The minimum absolute atomic E-state index is 0.0838. The molecule has 2 heterocycles. The van der Waals surface area contributed by atoms with Gasteiger partial charge in [-0.15, -0.1) is 0 Å². The van der Waals surface area contributed by atoms with E-state index in [9.17, 15) is 14.7 Å². The molecule has 0 aliphatic carbocycles. The number of pyridine rings is 1. The fourth-order valence-corrected chi connectivity index (χ4v) is 3.81. The standard InChI is InChI=1S/C25H29N3O4/c1-4-17-32-20-9-7-19(8-10-20)23(29)21-22(18-11-13-26-14-12-18)28(25(31)24(21)30)16-15-27(5-2)6-3/h4,7-14,22,29H,1,5-6,15-17H2,2-3H3. The van der Waals surface area contributed by atoms with Crippen LogP contribution in [0.25, 0.3) is 5.76 Å². The van der Waals surface area contributed by atoms with Gasteiger partial charge in [-0.3, -0.25) is 14.6 Å². The third kappa shape index (κ3) is 4.89. The molecule has 1 fully saturated rings. The van der Waals surface area contributed by atoms with Gasteiger partial charge < -0.3 is 19.6 Å². The van der Waals surface area contributed by atoms with Crippen molar-refractivity contribution in [3.05, 3.63) is 78.1 Å². The molecule has 1 aliphatic rings. The highest BCUT2D eigenvalue weighted by Crippen LogP contribution is 2.39. The van der Waals surface area contributed by atoms with Gasteiger partial charge in [-0.2, -0.15) is 0 Å². The van der Waals surface area contributed by atoms with Gasteiger partial charge in [0.05, 0.1) is 11.6 Å². The summed E-state index contributed by atoms with van der Waals surface area (Å²) >= 11 is 0. The second-order valence-corrected chi connectivity index (χ2v) is 7.42. The lowest BCUT2D eigenvalue weighted by Crippen LogP contribution is -2.38. The Bertz CT molecular complexity index is 982. The van der Waals surface area contributed by atoms with Crippen LogP contribution in [0.4, 0.5) is 0 Å². The van der Waals surface area contributed by atoms with E-state index >= 15 is 0 Å².